The van der Waals surface area contributed by atoms with Crippen molar-refractivity contribution in [1.29, 1.82) is 0 Å². The summed E-state index contributed by atoms with van der Waals surface area (Å²) < 4.78 is 1.49. The molecule has 2 aliphatic rings. The number of benzene rings is 1. The Labute approximate surface area is 157 Å². The molecule has 0 N–H and O–H groups in total. The van der Waals surface area contributed by atoms with Crippen LogP contribution in [0, 0.1) is 0 Å². The van der Waals surface area contributed by atoms with Crippen molar-refractivity contribution >= 4 is 50.6 Å². The average Bonchev–Trinajstić information content (AvgIpc) is 3.01. The summed E-state index contributed by atoms with van der Waals surface area (Å²) in [6.45, 7) is 0. The Balaban J connectivity index is 1.70. The van der Waals surface area contributed by atoms with Crippen LogP contribution in [0.25, 0.3) is 10.2 Å². The summed E-state index contributed by atoms with van der Waals surface area (Å²) >= 11 is 9.22. The number of hydrogen-bond donors (Lipinski definition) is 0. The Hall–Kier alpha value is -1.63. The van der Waals surface area contributed by atoms with E-state index in [1.54, 1.807) is 23.1 Å². The minimum atomic E-state index is -0.0296. The molecule has 25 heavy (non-hydrogen) atoms. The highest BCUT2D eigenvalue weighted by Crippen LogP contribution is 2.35. The second-order valence-electron chi connectivity index (χ2n) is 6.24. The van der Waals surface area contributed by atoms with Gasteiger partial charge in [0.05, 0.1) is 11.1 Å². The predicted molar refractivity (Wildman–Crippen MR) is 105 cm³/mol. The van der Waals surface area contributed by atoms with Gasteiger partial charge in [0, 0.05) is 15.7 Å². The molecule has 0 bridgehead atoms. The maximum Gasteiger partial charge on any atom is 0.283 e. The lowest BCUT2D eigenvalue weighted by molar-refractivity contribution is 0.687. The minimum absolute atomic E-state index is 0.0296. The van der Waals surface area contributed by atoms with E-state index in [4.69, 9.17) is 16.6 Å². The second kappa shape index (κ2) is 5.97. The molecule has 0 saturated carbocycles. The zero-order valence-electron chi connectivity index (χ0n) is 13.3. The van der Waals surface area contributed by atoms with E-state index in [1.807, 2.05) is 24.3 Å². The first kappa shape index (κ1) is 15.6. The summed E-state index contributed by atoms with van der Waals surface area (Å²) in [7, 11) is 0. The number of thiophene rings is 1. The van der Waals surface area contributed by atoms with E-state index in [-0.39, 0.29) is 5.56 Å². The van der Waals surface area contributed by atoms with Crippen molar-refractivity contribution in [3.63, 3.8) is 0 Å². The van der Waals surface area contributed by atoms with Gasteiger partial charge in [-0.15, -0.1) is 11.3 Å². The SMILES string of the molecule is O=c1c2c3c(sc2nc2n1N=C(c1ccc(Cl)cc1)CS2)CCCC3. The van der Waals surface area contributed by atoms with Crippen LogP contribution in [-0.2, 0) is 12.8 Å². The number of halogens is 1. The van der Waals surface area contributed by atoms with E-state index in [1.165, 1.54) is 21.5 Å². The first-order valence-electron chi connectivity index (χ1n) is 8.24. The van der Waals surface area contributed by atoms with Crippen LogP contribution < -0.4 is 5.56 Å². The Morgan fingerprint density at radius 3 is 2.76 bits per heavy atom. The van der Waals surface area contributed by atoms with Gasteiger partial charge in [0.2, 0.25) is 0 Å². The van der Waals surface area contributed by atoms with Crippen molar-refractivity contribution in [2.24, 2.45) is 5.10 Å². The molecule has 0 atom stereocenters. The average molecular weight is 388 g/mol. The fourth-order valence-corrected chi connectivity index (χ4v) is 5.75. The summed E-state index contributed by atoms with van der Waals surface area (Å²) in [5.41, 5.74) is 3.04. The topological polar surface area (TPSA) is 47.2 Å². The fourth-order valence-electron chi connectivity index (χ4n) is 3.43. The summed E-state index contributed by atoms with van der Waals surface area (Å²) in [4.78, 5) is 20.1. The molecule has 5 rings (SSSR count). The first-order valence-corrected chi connectivity index (χ1v) is 10.4. The van der Waals surface area contributed by atoms with E-state index >= 15 is 0 Å². The zero-order chi connectivity index (χ0) is 17.0. The van der Waals surface area contributed by atoms with Crippen LogP contribution in [-0.4, -0.2) is 21.1 Å². The van der Waals surface area contributed by atoms with Gasteiger partial charge in [-0.1, -0.05) is 35.5 Å². The second-order valence-corrected chi connectivity index (χ2v) is 8.71. The van der Waals surface area contributed by atoms with Crippen molar-refractivity contribution in [2.75, 3.05) is 5.75 Å². The number of nitrogens with zero attached hydrogens (tertiary/aromatic N) is 3. The normalized spacial score (nSPS) is 16.4. The van der Waals surface area contributed by atoms with Crippen LogP contribution in [0.5, 0.6) is 0 Å². The van der Waals surface area contributed by atoms with Crippen LogP contribution in [0.2, 0.25) is 5.02 Å². The molecule has 0 radical (unpaired) electrons. The summed E-state index contributed by atoms with van der Waals surface area (Å²) in [6.07, 6.45) is 4.40. The van der Waals surface area contributed by atoms with Crippen molar-refractivity contribution in [1.82, 2.24) is 9.66 Å². The maximum absolute atomic E-state index is 13.1. The fraction of sp³-hybridized carbons (Fsp3) is 0.278. The van der Waals surface area contributed by atoms with E-state index in [0.29, 0.717) is 15.9 Å². The molecule has 3 heterocycles. The molecule has 0 amide bonds. The van der Waals surface area contributed by atoms with Gasteiger partial charge in [-0.25, -0.2) is 4.98 Å². The maximum atomic E-state index is 13.1. The molecule has 0 unspecified atom stereocenters. The summed E-state index contributed by atoms with van der Waals surface area (Å²) in [5.74, 6) is 0.699. The van der Waals surface area contributed by atoms with Gasteiger partial charge in [0.25, 0.3) is 5.56 Å². The lowest BCUT2D eigenvalue weighted by atomic mass is 9.97. The van der Waals surface area contributed by atoms with Crippen LogP contribution >= 0.6 is 34.7 Å². The largest absolute Gasteiger partial charge is 0.283 e. The van der Waals surface area contributed by atoms with Gasteiger partial charge in [-0.2, -0.15) is 9.78 Å². The summed E-state index contributed by atoms with van der Waals surface area (Å²) in [5, 5.41) is 6.79. The molecule has 0 spiro atoms. The van der Waals surface area contributed by atoms with Crippen molar-refractivity contribution in [2.45, 2.75) is 30.8 Å². The molecular formula is C18H14ClN3OS2. The molecule has 0 saturated heterocycles. The number of rotatable bonds is 1. The molecule has 4 nitrogen and oxygen atoms in total. The quantitative estimate of drug-likeness (QED) is 0.583. The van der Waals surface area contributed by atoms with Crippen molar-refractivity contribution in [3.05, 3.63) is 55.6 Å². The number of aryl methyl sites for hydroxylation is 2. The minimum Gasteiger partial charge on any atom is -0.267 e. The molecule has 126 valence electrons. The third-order valence-corrected chi connectivity index (χ3v) is 7.05. The molecule has 1 aliphatic carbocycles. The standard InChI is InChI=1S/C18H14ClN3OS2/c19-11-7-5-10(6-8-11)13-9-24-18-20-16-15(17(23)22(18)21-13)12-3-1-2-4-14(12)25-16/h5-8H,1-4,9H2. The monoisotopic (exact) mass is 387 g/mol. The highest BCUT2D eigenvalue weighted by molar-refractivity contribution is 7.99. The smallest absolute Gasteiger partial charge is 0.267 e. The molecule has 1 aliphatic heterocycles. The van der Waals surface area contributed by atoms with Gasteiger partial charge < -0.3 is 0 Å². The highest BCUT2D eigenvalue weighted by Gasteiger charge is 2.24. The first-order chi connectivity index (χ1) is 12.2. The van der Waals surface area contributed by atoms with Gasteiger partial charge in [-0.05, 0) is 48.9 Å². The molecule has 2 aromatic heterocycles. The Morgan fingerprint density at radius 2 is 1.92 bits per heavy atom. The molecular weight excluding hydrogens is 374 g/mol. The number of aromatic nitrogens is 2. The predicted octanol–water partition coefficient (Wildman–Crippen LogP) is 4.35. The molecule has 3 aromatic rings. The molecule has 1 aromatic carbocycles. The Kier molecular flexibility index (Phi) is 3.73. The lowest BCUT2D eigenvalue weighted by Crippen LogP contribution is -2.26. The van der Waals surface area contributed by atoms with E-state index in [0.717, 1.165) is 40.8 Å². The highest BCUT2D eigenvalue weighted by atomic mass is 35.5. The Morgan fingerprint density at radius 1 is 1.12 bits per heavy atom. The number of thioether (sulfide) groups is 1. The third-order valence-electron chi connectivity index (χ3n) is 4.67. The van der Waals surface area contributed by atoms with E-state index < -0.39 is 0 Å². The number of fused-ring (bicyclic) bond motifs is 4. The van der Waals surface area contributed by atoms with Crippen LogP contribution in [0.15, 0.2) is 39.3 Å². The van der Waals surface area contributed by atoms with Crippen LogP contribution in [0.4, 0.5) is 0 Å². The zero-order valence-corrected chi connectivity index (χ0v) is 15.7. The van der Waals surface area contributed by atoms with E-state index in [9.17, 15) is 4.79 Å². The lowest BCUT2D eigenvalue weighted by Gasteiger charge is -2.16. The third kappa shape index (κ3) is 2.55. The van der Waals surface area contributed by atoms with Gasteiger partial charge in [0.1, 0.15) is 4.83 Å². The van der Waals surface area contributed by atoms with Crippen molar-refractivity contribution in [3.8, 4) is 0 Å². The summed E-state index contributed by atoms with van der Waals surface area (Å²) in [6, 6.07) is 7.57. The molecule has 0 fully saturated rings. The molecule has 7 heteroatoms. The van der Waals surface area contributed by atoms with Gasteiger partial charge >= 0.3 is 0 Å². The Bertz CT molecular complexity index is 1080. The van der Waals surface area contributed by atoms with Crippen LogP contribution in [0.3, 0.4) is 0 Å². The van der Waals surface area contributed by atoms with Crippen molar-refractivity contribution < 1.29 is 0 Å². The number of hydrogen-bond acceptors (Lipinski definition) is 5. The van der Waals surface area contributed by atoms with Gasteiger partial charge in [0.15, 0.2) is 5.16 Å². The van der Waals surface area contributed by atoms with E-state index in [2.05, 4.69) is 5.10 Å². The van der Waals surface area contributed by atoms with Gasteiger partial charge in [-0.3, -0.25) is 4.79 Å². The van der Waals surface area contributed by atoms with Crippen LogP contribution in [0.1, 0.15) is 28.8 Å².